The molecule has 2 bridgehead atoms. The molecule has 1 heterocycles. The van der Waals surface area contributed by atoms with Gasteiger partial charge in [0.15, 0.2) is 0 Å². The lowest BCUT2D eigenvalue weighted by atomic mass is 9.84. The number of carbonyl (C=O) groups is 1. The standard InChI is InChI=1S/C19H30N2OS/c1-4-21(12-17-6-5-9-23-17)14(3)19(22)20-13(2)18-11-15-7-8-16(18)10-15/h5-6,9,13-16,18H,4,7-8,10-12H2,1-3H3,(H,20,22). The molecule has 2 fully saturated rings. The minimum absolute atomic E-state index is 0.0665. The molecule has 128 valence electrons. The molecular weight excluding hydrogens is 304 g/mol. The topological polar surface area (TPSA) is 32.3 Å². The van der Waals surface area contributed by atoms with E-state index in [0.717, 1.165) is 24.9 Å². The molecule has 0 saturated heterocycles. The molecule has 3 rings (SSSR count). The number of amides is 1. The predicted molar refractivity (Wildman–Crippen MR) is 96.4 cm³/mol. The summed E-state index contributed by atoms with van der Waals surface area (Å²) in [5.41, 5.74) is 0. The van der Waals surface area contributed by atoms with Crippen LogP contribution in [0.3, 0.4) is 0 Å². The number of rotatable bonds is 7. The van der Waals surface area contributed by atoms with Gasteiger partial charge in [0.25, 0.3) is 0 Å². The van der Waals surface area contributed by atoms with E-state index in [1.165, 1.54) is 30.6 Å². The quantitative estimate of drug-likeness (QED) is 0.820. The van der Waals surface area contributed by atoms with E-state index in [9.17, 15) is 4.79 Å². The number of nitrogens with zero attached hydrogens (tertiary/aromatic N) is 1. The first-order valence-corrected chi connectivity index (χ1v) is 10.0. The Hall–Kier alpha value is -0.870. The Kier molecular flexibility index (Phi) is 5.42. The highest BCUT2D eigenvalue weighted by molar-refractivity contribution is 7.09. The molecule has 0 radical (unpaired) electrons. The maximum Gasteiger partial charge on any atom is 0.237 e. The van der Waals surface area contributed by atoms with Crippen LogP contribution in [-0.4, -0.2) is 29.4 Å². The van der Waals surface area contributed by atoms with Crippen molar-refractivity contribution in [1.29, 1.82) is 0 Å². The van der Waals surface area contributed by atoms with E-state index in [-0.39, 0.29) is 11.9 Å². The first-order valence-electron chi connectivity index (χ1n) is 9.15. The van der Waals surface area contributed by atoms with Gasteiger partial charge in [0.2, 0.25) is 5.91 Å². The van der Waals surface area contributed by atoms with Gasteiger partial charge in [-0.1, -0.05) is 19.4 Å². The smallest absolute Gasteiger partial charge is 0.237 e. The van der Waals surface area contributed by atoms with Crippen molar-refractivity contribution in [3.05, 3.63) is 22.4 Å². The molecule has 0 aromatic carbocycles. The molecule has 2 saturated carbocycles. The van der Waals surface area contributed by atoms with E-state index in [1.807, 2.05) is 6.92 Å². The molecule has 3 nitrogen and oxygen atoms in total. The lowest BCUT2D eigenvalue weighted by molar-refractivity contribution is -0.127. The van der Waals surface area contributed by atoms with E-state index in [1.54, 1.807) is 11.3 Å². The van der Waals surface area contributed by atoms with Crippen LogP contribution in [0.5, 0.6) is 0 Å². The van der Waals surface area contributed by atoms with Gasteiger partial charge < -0.3 is 5.32 Å². The van der Waals surface area contributed by atoms with Crippen LogP contribution in [0, 0.1) is 17.8 Å². The van der Waals surface area contributed by atoms with Crippen LogP contribution in [0.25, 0.3) is 0 Å². The molecule has 0 spiro atoms. The second-order valence-electron chi connectivity index (χ2n) is 7.45. The van der Waals surface area contributed by atoms with Crippen molar-refractivity contribution in [2.45, 2.75) is 65.1 Å². The van der Waals surface area contributed by atoms with Crippen molar-refractivity contribution in [3.8, 4) is 0 Å². The summed E-state index contributed by atoms with van der Waals surface area (Å²) in [6.45, 7) is 8.16. The number of thiophene rings is 1. The molecule has 2 aliphatic rings. The largest absolute Gasteiger partial charge is 0.352 e. The normalized spacial score (nSPS) is 29.0. The first-order chi connectivity index (χ1) is 11.1. The molecule has 4 heteroatoms. The van der Waals surface area contributed by atoms with Gasteiger partial charge in [-0.25, -0.2) is 0 Å². The number of nitrogens with one attached hydrogen (secondary N) is 1. The van der Waals surface area contributed by atoms with Crippen LogP contribution in [0.15, 0.2) is 17.5 Å². The summed E-state index contributed by atoms with van der Waals surface area (Å²) in [4.78, 5) is 16.3. The van der Waals surface area contributed by atoms with Crippen molar-refractivity contribution in [1.82, 2.24) is 10.2 Å². The average Bonchev–Trinajstić information content (AvgIpc) is 3.28. The van der Waals surface area contributed by atoms with Crippen LogP contribution < -0.4 is 5.32 Å². The minimum Gasteiger partial charge on any atom is -0.352 e. The zero-order valence-electron chi connectivity index (χ0n) is 14.6. The van der Waals surface area contributed by atoms with E-state index in [4.69, 9.17) is 0 Å². The van der Waals surface area contributed by atoms with Crippen LogP contribution in [0.1, 0.15) is 51.3 Å². The van der Waals surface area contributed by atoms with Crippen LogP contribution in [0.4, 0.5) is 0 Å². The highest BCUT2D eigenvalue weighted by atomic mass is 32.1. The summed E-state index contributed by atoms with van der Waals surface area (Å²) >= 11 is 1.76. The van der Waals surface area contributed by atoms with Gasteiger partial charge in [0, 0.05) is 17.5 Å². The molecule has 0 aliphatic heterocycles. The van der Waals surface area contributed by atoms with Gasteiger partial charge in [-0.2, -0.15) is 0 Å². The van der Waals surface area contributed by atoms with E-state index < -0.39 is 0 Å². The van der Waals surface area contributed by atoms with Gasteiger partial charge in [0.05, 0.1) is 6.04 Å². The number of fused-ring (bicyclic) bond motifs is 2. The van der Waals surface area contributed by atoms with Gasteiger partial charge in [-0.05, 0) is 68.9 Å². The monoisotopic (exact) mass is 334 g/mol. The SMILES string of the molecule is CCN(Cc1cccs1)C(C)C(=O)NC(C)C1CC2CCC1C2. The lowest BCUT2D eigenvalue weighted by Gasteiger charge is -2.32. The molecule has 5 atom stereocenters. The summed E-state index contributed by atoms with van der Waals surface area (Å²) in [5.74, 6) is 2.70. The summed E-state index contributed by atoms with van der Waals surface area (Å²) in [6, 6.07) is 4.48. The molecule has 1 amide bonds. The average molecular weight is 335 g/mol. The zero-order chi connectivity index (χ0) is 16.4. The Bertz CT molecular complexity index is 515. The third kappa shape index (κ3) is 3.80. The minimum atomic E-state index is -0.0665. The number of hydrogen-bond acceptors (Lipinski definition) is 3. The number of hydrogen-bond donors (Lipinski definition) is 1. The Morgan fingerprint density at radius 2 is 2.22 bits per heavy atom. The third-order valence-electron chi connectivity index (χ3n) is 6.08. The van der Waals surface area contributed by atoms with Crippen molar-refractivity contribution in [2.75, 3.05) is 6.54 Å². The molecule has 5 unspecified atom stereocenters. The summed E-state index contributed by atoms with van der Waals surface area (Å²) in [7, 11) is 0. The van der Waals surface area contributed by atoms with Gasteiger partial charge >= 0.3 is 0 Å². The summed E-state index contributed by atoms with van der Waals surface area (Å²) in [6.07, 6.45) is 5.53. The van der Waals surface area contributed by atoms with Crippen LogP contribution in [-0.2, 0) is 11.3 Å². The van der Waals surface area contributed by atoms with E-state index >= 15 is 0 Å². The van der Waals surface area contributed by atoms with Crippen LogP contribution >= 0.6 is 11.3 Å². The fourth-order valence-electron chi connectivity index (χ4n) is 4.65. The fraction of sp³-hybridized carbons (Fsp3) is 0.737. The second-order valence-corrected chi connectivity index (χ2v) is 8.49. The van der Waals surface area contributed by atoms with Crippen molar-refractivity contribution in [3.63, 3.8) is 0 Å². The highest BCUT2D eigenvalue weighted by Crippen LogP contribution is 2.49. The van der Waals surface area contributed by atoms with Gasteiger partial charge in [-0.3, -0.25) is 9.69 Å². The van der Waals surface area contributed by atoms with Crippen molar-refractivity contribution >= 4 is 17.2 Å². The van der Waals surface area contributed by atoms with E-state index in [0.29, 0.717) is 12.0 Å². The molecule has 23 heavy (non-hydrogen) atoms. The molecule has 1 aromatic heterocycles. The molecule has 2 aliphatic carbocycles. The maximum absolute atomic E-state index is 12.7. The number of carbonyl (C=O) groups excluding carboxylic acids is 1. The summed E-state index contributed by atoms with van der Waals surface area (Å²) < 4.78 is 0. The molecular formula is C19H30N2OS. The zero-order valence-corrected chi connectivity index (χ0v) is 15.4. The Labute approximate surface area is 144 Å². The van der Waals surface area contributed by atoms with Crippen molar-refractivity contribution in [2.24, 2.45) is 17.8 Å². The van der Waals surface area contributed by atoms with Gasteiger partial charge in [-0.15, -0.1) is 11.3 Å². The number of likely N-dealkylation sites (N-methyl/N-ethyl adjacent to an activating group) is 1. The van der Waals surface area contributed by atoms with Gasteiger partial charge in [0.1, 0.15) is 0 Å². The first kappa shape index (κ1) is 17.0. The lowest BCUT2D eigenvalue weighted by Crippen LogP contribution is -2.49. The maximum atomic E-state index is 12.7. The summed E-state index contributed by atoms with van der Waals surface area (Å²) in [5, 5.41) is 5.43. The van der Waals surface area contributed by atoms with Crippen LogP contribution in [0.2, 0.25) is 0 Å². The molecule has 1 N–H and O–H groups in total. The third-order valence-corrected chi connectivity index (χ3v) is 6.94. The molecule has 1 aromatic rings. The predicted octanol–water partition coefficient (Wildman–Crippen LogP) is 3.90. The second kappa shape index (κ2) is 7.35. The fourth-order valence-corrected chi connectivity index (χ4v) is 5.38. The van der Waals surface area contributed by atoms with Crippen molar-refractivity contribution < 1.29 is 4.79 Å². The Morgan fingerprint density at radius 3 is 2.78 bits per heavy atom. The van der Waals surface area contributed by atoms with E-state index in [2.05, 4.69) is 41.6 Å². The highest BCUT2D eigenvalue weighted by Gasteiger charge is 2.42. The Balaban J connectivity index is 1.53. The Morgan fingerprint density at radius 1 is 1.39 bits per heavy atom.